The van der Waals surface area contributed by atoms with Crippen LogP contribution in [0.25, 0.3) is 0 Å². The molecule has 4 heteroatoms. The van der Waals surface area contributed by atoms with Crippen LogP contribution in [-0.4, -0.2) is 49.2 Å². The van der Waals surface area contributed by atoms with Gasteiger partial charge in [0.15, 0.2) is 0 Å². The molecule has 0 aromatic carbocycles. The lowest BCUT2D eigenvalue weighted by molar-refractivity contribution is -0.137. The lowest BCUT2D eigenvalue weighted by Crippen LogP contribution is -2.46. The molecule has 0 aromatic rings. The Morgan fingerprint density at radius 2 is 2.38 bits per heavy atom. The highest BCUT2D eigenvalue weighted by molar-refractivity contribution is 5.77. The lowest BCUT2D eigenvalue weighted by atomic mass is 10.0. The molecule has 2 aliphatic rings. The Balaban J connectivity index is 1.81. The van der Waals surface area contributed by atoms with Crippen molar-refractivity contribution in [1.82, 2.24) is 10.2 Å². The zero-order valence-corrected chi connectivity index (χ0v) is 10.1. The third-order valence-electron chi connectivity index (χ3n) is 3.53. The molecule has 0 saturated carbocycles. The predicted octanol–water partition coefficient (Wildman–Crippen LogP) is 0.766. The molecule has 4 nitrogen and oxygen atoms in total. The Labute approximate surface area is 97.3 Å². The van der Waals surface area contributed by atoms with E-state index in [2.05, 4.69) is 12.2 Å². The Kier molecular flexibility index (Phi) is 4.18. The molecule has 2 fully saturated rings. The van der Waals surface area contributed by atoms with Gasteiger partial charge in [-0.25, -0.2) is 0 Å². The average molecular weight is 226 g/mol. The SMILES string of the molecule is CC1CCCCN1C(=O)CC1CNCCO1. The first-order valence-electron chi connectivity index (χ1n) is 6.39. The first kappa shape index (κ1) is 11.9. The maximum absolute atomic E-state index is 12.1. The maximum atomic E-state index is 12.1. The summed E-state index contributed by atoms with van der Waals surface area (Å²) in [6.45, 7) is 5.53. The summed E-state index contributed by atoms with van der Waals surface area (Å²) in [5.74, 6) is 0.265. The van der Waals surface area contributed by atoms with E-state index in [0.717, 1.165) is 39.1 Å². The number of carbonyl (C=O) groups excluding carboxylic acids is 1. The molecule has 0 aromatic heterocycles. The van der Waals surface area contributed by atoms with Crippen molar-refractivity contribution in [3.05, 3.63) is 0 Å². The van der Waals surface area contributed by atoms with Gasteiger partial charge in [0, 0.05) is 25.7 Å². The molecule has 1 amide bonds. The topological polar surface area (TPSA) is 41.6 Å². The number of hydrogen-bond acceptors (Lipinski definition) is 3. The van der Waals surface area contributed by atoms with E-state index >= 15 is 0 Å². The normalized spacial score (nSPS) is 31.4. The molecule has 1 N–H and O–H groups in total. The second-order valence-electron chi connectivity index (χ2n) is 4.83. The van der Waals surface area contributed by atoms with Crippen molar-refractivity contribution >= 4 is 5.91 Å². The fourth-order valence-electron chi connectivity index (χ4n) is 2.53. The number of rotatable bonds is 2. The minimum atomic E-state index is 0.0791. The fourth-order valence-corrected chi connectivity index (χ4v) is 2.53. The zero-order chi connectivity index (χ0) is 11.4. The van der Waals surface area contributed by atoms with Crippen LogP contribution in [0.1, 0.15) is 32.6 Å². The third-order valence-corrected chi connectivity index (χ3v) is 3.53. The van der Waals surface area contributed by atoms with Gasteiger partial charge in [0.1, 0.15) is 0 Å². The summed E-state index contributed by atoms with van der Waals surface area (Å²) in [6.07, 6.45) is 4.18. The first-order valence-corrected chi connectivity index (χ1v) is 6.39. The molecule has 0 radical (unpaired) electrons. The molecule has 0 aliphatic carbocycles. The summed E-state index contributed by atoms with van der Waals surface area (Å²) in [7, 11) is 0. The zero-order valence-electron chi connectivity index (χ0n) is 10.1. The van der Waals surface area contributed by atoms with Crippen LogP contribution < -0.4 is 5.32 Å². The van der Waals surface area contributed by atoms with E-state index in [-0.39, 0.29) is 12.0 Å². The summed E-state index contributed by atoms with van der Waals surface area (Å²) < 4.78 is 5.56. The number of nitrogens with one attached hydrogen (secondary N) is 1. The first-order chi connectivity index (χ1) is 7.77. The molecule has 2 saturated heterocycles. The minimum absolute atomic E-state index is 0.0791. The summed E-state index contributed by atoms with van der Waals surface area (Å²) in [6, 6.07) is 0.415. The molecule has 2 aliphatic heterocycles. The second-order valence-corrected chi connectivity index (χ2v) is 4.83. The Morgan fingerprint density at radius 1 is 1.50 bits per heavy atom. The second kappa shape index (κ2) is 5.64. The van der Waals surface area contributed by atoms with Crippen LogP contribution in [0.4, 0.5) is 0 Å². The van der Waals surface area contributed by atoms with E-state index < -0.39 is 0 Å². The molecule has 16 heavy (non-hydrogen) atoms. The average Bonchev–Trinajstić information content (AvgIpc) is 2.31. The van der Waals surface area contributed by atoms with Crippen LogP contribution in [0.5, 0.6) is 0 Å². The predicted molar refractivity (Wildman–Crippen MR) is 62.3 cm³/mol. The van der Waals surface area contributed by atoms with Crippen LogP contribution in [0, 0.1) is 0 Å². The van der Waals surface area contributed by atoms with Gasteiger partial charge in [-0.2, -0.15) is 0 Å². The third kappa shape index (κ3) is 2.95. The van der Waals surface area contributed by atoms with E-state index in [1.807, 2.05) is 4.90 Å². The summed E-state index contributed by atoms with van der Waals surface area (Å²) in [4.78, 5) is 14.1. The van der Waals surface area contributed by atoms with E-state index in [4.69, 9.17) is 4.74 Å². The molecular formula is C12H22N2O2. The number of likely N-dealkylation sites (tertiary alicyclic amines) is 1. The van der Waals surface area contributed by atoms with Crippen molar-refractivity contribution in [3.63, 3.8) is 0 Å². The van der Waals surface area contributed by atoms with Gasteiger partial charge in [-0.1, -0.05) is 0 Å². The fraction of sp³-hybridized carbons (Fsp3) is 0.917. The highest BCUT2D eigenvalue weighted by Gasteiger charge is 2.26. The molecule has 0 bridgehead atoms. The van der Waals surface area contributed by atoms with E-state index in [1.165, 1.54) is 6.42 Å². The number of morpholine rings is 1. The van der Waals surface area contributed by atoms with E-state index in [9.17, 15) is 4.79 Å². The van der Waals surface area contributed by atoms with Gasteiger partial charge in [-0.15, -0.1) is 0 Å². The van der Waals surface area contributed by atoms with E-state index in [1.54, 1.807) is 0 Å². The quantitative estimate of drug-likeness (QED) is 0.756. The van der Waals surface area contributed by atoms with Gasteiger partial charge in [-0.05, 0) is 26.2 Å². The van der Waals surface area contributed by atoms with Crippen LogP contribution in [0.2, 0.25) is 0 Å². The Bertz CT molecular complexity index is 239. The molecule has 2 unspecified atom stereocenters. The van der Waals surface area contributed by atoms with Gasteiger partial charge in [0.2, 0.25) is 5.91 Å². The van der Waals surface area contributed by atoms with Gasteiger partial charge >= 0.3 is 0 Å². The number of nitrogens with zero attached hydrogens (tertiary/aromatic N) is 1. The van der Waals surface area contributed by atoms with Crippen LogP contribution >= 0.6 is 0 Å². The number of piperidine rings is 1. The molecule has 0 spiro atoms. The van der Waals surface area contributed by atoms with Crippen molar-refractivity contribution < 1.29 is 9.53 Å². The largest absolute Gasteiger partial charge is 0.375 e. The summed E-state index contributed by atoms with van der Waals surface area (Å²) in [5.41, 5.74) is 0. The molecular weight excluding hydrogens is 204 g/mol. The number of carbonyl (C=O) groups is 1. The highest BCUT2D eigenvalue weighted by Crippen LogP contribution is 2.18. The minimum Gasteiger partial charge on any atom is -0.375 e. The van der Waals surface area contributed by atoms with Crippen molar-refractivity contribution in [2.45, 2.75) is 44.8 Å². The van der Waals surface area contributed by atoms with Crippen LogP contribution in [-0.2, 0) is 9.53 Å². The maximum Gasteiger partial charge on any atom is 0.225 e. The Morgan fingerprint density at radius 3 is 3.06 bits per heavy atom. The Hall–Kier alpha value is -0.610. The van der Waals surface area contributed by atoms with Crippen molar-refractivity contribution in [2.24, 2.45) is 0 Å². The molecule has 92 valence electrons. The van der Waals surface area contributed by atoms with E-state index in [0.29, 0.717) is 12.5 Å². The van der Waals surface area contributed by atoms with Crippen molar-refractivity contribution in [3.8, 4) is 0 Å². The lowest BCUT2D eigenvalue weighted by Gasteiger charge is -2.35. The number of amides is 1. The number of ether oxygens (including phenoxy) is 1. The summed E-state index contributed by atoms with van der Waals surface area (Å²) in [5, 5.41) is 3.26. The van der Waals surface area contributed by atoms with Gasteiger partial charge in [-0.3, -0.25) is 4.79 Å². The highest BCUT2D eigenvalue weighted by atomic mass is 16.5. The standard InChI is InChI=1S/C12H22N2O2/c1-10-4-2-3-6-14(10)12(15)8-11-9-13-5-7-16-11/h10-11,13H,2-9H2,1H3. The molecule has 2 atom stereocenters. The van der Waals surface area contributed by atoms with Crippen molar-refractivity contribution in [1.29, 1.82) is 0 Å². The molecule has 2 heterocycles. The van der Waals surface area contributed by atoms with Gasteiger partial charge < -0.3 is 15.0 Å². The smallest absolute Gasteiger partial charge is 0.225 e. The van der Waals surface area contributed by atoms with Crippen LogP contribution in [0.15, 0.2) is 0 Å². The van der Waals surface area contributed by atoms with Crippen molar-refractivity contribution in [2.75, 3.05) is 26.2 Å². The summed E-state index contributed by atoms with van der Waals surface area (Å²) >= 11 is 0. The number of hydrogen-bond donors (Lipinski definition) is 1. The molecule has 2 rings (SSSR count). The van der Waals surface area contributed by atoms with Gasteiger partial charge in [0.25, 0.3) is 0 Å². The monoisotopic (exact) mass is 226 g/mol. The van der Waals surface area contributed by atoms with Crippen LogP contribution in [0.3, 0.4) is 0 Å². The van der Waals surface area contributed by atoms with Gasteiger partial charge in [0.05, 0.1) is 19.1 Å².